The quantitative estimate of drug-likeness (QED) is 0.312. The van der Waals surface area contributed by atoms with Crippen molar-refractivity contribution in [1.82, 2.24) is 5.32 Å². The highest BCUT2D eigenvalue weighted by atomic mass is 16.5. The molecule has 0 bridgehead atoms. The van der Waals surface area contributed by atoms with Crippen LogP contribution in [0.3, 0.4) is 0 Å². The second-order valence-electron chi connectivity index (χ2n) is 7.93. The Morgan fingerprint density at radius 1 is 0.806 bits per heavy atom. The second-order valence-corrected chi connectivity index (χ2v) is 7.93. The summed E-state index contributed by atoms with van der Waals surface area (Å²) in [5.74, 6) is -1.13. The lowest BCUT2D eigenvalue weighted by Crippen LogP contribution is -2.55. The number of unbranched alkanes of at least 4 members (excludes halogenated alkanes) is 5. The molecule has 0 spiro atoms. The number of amides is 1. The molecule has 0 saturated carbocycles. The Morgan fingerprint density at radius 2 is 1.35 bits per heavy atom. The van der Waals surface area contributed by atoms with E-state index in [1.165, 1.54) is 26.3 Å². The zero-order chi connectivity index (χ0) is 23.0. The zero-order valence-corrected chi connectivity index (χ0v) is 19.1. The maximum Gasteiger partial charge on any atom is 0.302 e. The summed E-state index contributed by atoms with van der Waals surface area (Å²) in [7, 11) is 0. The first-order valence-corrected chi connectivity index (χ1v) is 11.0. The summed E-state index contributed by atoms with van der Waals surface area (Å²) in [5.41, 5.74) is 0.293. The van der Waals surface area contributed by atoms with Crippen LogP contribution >= 0.6 is 0 Å². The van der Waals surface area contributed by atoms with Crippen molar-refractivity contribution in [2.45, 2.75) is 77.9 Å². The summed E-state index contributed by atoms with van der Waals surface area (Å²) < 4.78 is 16.0. The third-order valence-electron chi connectivity index (χ3n) is 4.85. The summed E-state index contributed by atoms with van der Waals surface area (Å²) in [6.07, 6.45) is 6.67. The van der Waals surface area contributed by atoms with E-state index in [9.17, 15) is 14.4 Å². The van der Waals surface area contributed by atoms with Gasteiger partial charge in [0.15, 0.2) is 0 Å². The number of ether oxygens (including phenoxy) is 3. The molecule has 174 valence electrons. The van der Waals surface area contributed by atoms with Crippen LogP contribution in [-0.4, -0.2) is 43.2 Å². The van der Waals surface area contributed by atoms with Crippen LogP contribution in [-0.2, 0) is 35.2 Å². The average Bonchev–Trinajstić information content (AvgIpc) is 2.72. The van der Waals surface area contributed by atoms with E-state index in [0.717, 1.165) is 45.1 Å². The molecule has 7 nitrogen and oxygen atoms in total. The van der Waals surface area contributed by atoms with Gasteiger partial charge in [-0.05, 0) is 18.4 Å². The lowest BCUT2D eigenvalue weighted by molar-refractivity contribution is -0.150. The molecule has 1 aromatic rings. The molecule has 0 radical (unpaired) electrons. The van der Waals surface area contributed by atoms with E-state index in [1.807, 2.05) is 18.2 Å². The van der Waals surface area contributed by atoms with E-state index in [-0.39, 0.29) is 19.1 Å². The minimum atomic E-state index is -0.894. The van der Waals surface area contributed by atoms with Gasteiger partial charge in [0.25, 0.3) is 0 Å². The molecule has 1 N–H and O–H groups in total. The van der Waals surface area contributed by atoms with Crippen LogP contribution in [0.2, 0.25) is 0 Å². The number of nitrogens with one attached hydrogen (secondary N) is 1. The first-order chi connectivity index (χ1) is 14.8. The fourth-order valence-electron chi connectivity index (χ4n) is 3.31. The molecule has 0 unspecified atom stereocenters. The van der Waals surface area contributed by atoms with Gasteiger partial charge >= 0.3 is 11.9 Å². The Bertz CT molecular complexity index is 643. The number of hydrogen-bond acceptors (Lipinski definition) is 6. The fourth-order valence-corrected chi connectivity index (χ4v) is 3.31. The van der Waals surface area contributed by atoms with Crippen LogP contribution in [0, 0.1) is 0 Å². The lowest BCUT2D eigenvalue weighted by atomic mass is 9.93. The summed E-state index contributed by atoms with van der Waals surface area (Å²) in [4.78, 5) is 34.2. The number of benzene rings is 1. The van der Waals surface area contributed by atoms with E-state index in [1.54, 1.807) is 0 Å². The van der Waals surface area contributed by atoms with Crippen LogP contribution in [0.15, 0.2) is 30.3 Å². The predicted molar refractivity (Wildman–Crippen MR) is 118 cm³/mol. The molecule has 7 heteroatoms. The Balaban J connectivity index is 2.28. The molecule has 0 aliphatic rings. The maximum atomic E-state index is 11.7. The molecule has 1 amide bonds. The van der Waals surface area contributed by atoms with Crippen molar-refractivity contribution in [3.8, 4) is 0 Å². The molecule has 0 fully saturated rings. The van der Waals surface area contributed by atoms with E-state index < -0.39 is 17.5 Å². The zero-order valence-electron chi connectivity index (χ0n) is 19.1. The van der Waals surface area contributed by atoms with Gasteiger partial charge in [-0.25, -0.2) is 0 Å². The molecule has 0 aromatic heterocycles. The van der Waals surface area contributed by atoms with E-state index in [2.05, 4.69) is 17.4 Å². The standard InChI is InChI=1S/C24H37NO6/c1-20(26)25-24(18-30-21(2)27,19-31-22(3)28)15-11-6-4-5-7-12-16-29-17-23-13-9-8-10-14-23/h8-10,13-14H,4-7,11-12,15-19H2,1-3H3,(H,25,26). The van der Waals surface area contributed by atoms with Crippen molar-refractivity contribution in [3.63, 3.8) is 0 Å². The van der Waals surface area contributed by atoms with Crippen LogP contribution in [0.5, 0.6) is 0 Å². The minimum absolute atomic E-state index is 0.0199. The Hall–Kier alpha value is -2.41. The van der Waals surface area contributed by atoms with Crippen molar-refractivity contribution in [3.05, 3.63) is 35.9 Å². The number of hydrogen-bond donors (Lipinski definition) is 1. The first-order valence-electron chi connectivity index (χ1n) is 11.0. The van der Waals surface area contributed by atoms with Crippen LogP contribution < -0.4 is 5.32 Å². The van der Waals surface area contributed by atoms with Crippen molar-refractivity contribution in [2.75, 3.05) is 19.8 Å². The number of rotatable bonds is 16. The van der Waals surface area contributed by atoms with Crippen LogP contribution in [0.1, 0.15) is 71.3 Å². The first kappa shape index (κ1) is 26.6. The normalized spacial score (nSPS) is 11.1. The summed E-state index contributed by atoms with van der Waals surface area (Å²) in [5, 5.41) is 2.83. The number of carbonyl (C=O) groups is 3. The molecule has 0 aliphatic carbocycles. The highest BCUT2D eigenvalue weighted by molar-refractivity contribution is 5.74. The van der Waals surface area contributed by atoms with E-state index >= 15 is 0 Å². The third-order valence-corrected chi connectivity index (χ3v) is 4.85. The Kier molecular flexibility index (Phi) is 13.2. The Labute approximate surface area is 185 Å². The predicted octanol–water partition coefficient (Wildman–Crippen LogP) is 3.94. The minimum Gasteiger partial charge on any atom is -0.463 e. The van der Waals surface area contributed by atoms with Crippen LogP contribution in [0.4, 0.5) is 0 Å². The fraction of sp³-hybridized carbons (Fsp3) is 0.625. The van der Waals surface area contributed by atoms with Gasteiger partial charge in [-0.3, -0.25) is 14.4 Å². The summed E-state index contributed by atoms with van der Waals surface area (Å²) in [6, 6.07) is 10.1. The highest BCUT2D eigenvalue weighted by Gasteiger charge is 2.33. The maximum absolute atomic E-state index is 11.7. The molecule has 0 saturated heterocycles. The van der Waals surface area contributed by atoms with Crippen molar-refractivity contribution < 1.29 is 28.6 Å². The van der Waals surface area contributed by atoms with Gasteiger partial charge in [-0.2, -0.15) is 0 Å². The molecule has 0 aliphatic heterocycles. The Morgan fingerprint density at radius 3 is 1.90 bits per heavy atom. The van der Waals surface area contributed by atoms with Gasteiger partial charge in [-0.15, -0.1) is 0 Å². The largest absolute Gasteiger partial charge is 0.463 e. The topological polar surface area (TPSA) is 90.9 Å². The van der Waals surface area contributed by atoms with E-state index in [0.29, 0.717) is 13.0 Å². The van der Waals surface area contributed by atoms with Crippen molar-refractivity contribution >= 4 is 17.8 Å². The summed E-state index contributed by atoms with van der Waals surface area (Å²) >= 11 is 0. The van der Waals surface area contributed by atoms with Gasteiger partial charge in [0.2, 0.25) is 5.91 Å². The van der Waals surface area contributed by atoms with Crippen LogP contribution in [0.25, 0.3) is 0 Å². The number of carbonyl (C=O) groups excluding carboxylic acids is 3. The van der Waals surface area contributed by atoms with Gasteiger partial charge in [-0.1, -0.05) is 62.4 Å². The molecule has 0 atom stereocenters. The molecule has 1 aromatic carbocycles. The SMILES string of the molecule is CC(=O)NC(CCCCCCCCOCc1ccccc1)(COC(C)=O)COC(C)=O. The van der Waals surface area contributed by atoms with Crippen molar-refractivity contribution in [2.24, 2.45) is 0 Å². The third kappa shape index (κ3) is 13.5. The van der Waals surface area contributed by atoms with Gasteiger partial charge in [0.05, 0.1) is 6.61 Å². The summed E-state index contributed by atoms with van der Waals surface area (Å²) in [6.45, 7) is 5.39. The van der Waals surface area contributed by atoms with Crippen molar-refractivity contribution in [1.29, 1.82) is 0 Å². The molecular formula is C24H37NO6. The second kappa shape index (κ2) is 15.4. The molecular weight excluding hydrogens is 398 g/mol. The smallest absolute Gasteiger partial charge is 0.302 e. The highest BCUT2D eigenvalue weighted by Crippen LogP contribution is 2.19. The molecule has 0 heterocycles. The molecule has 31 heavy (non-hydrogen) atoms. The van der Waals surface area contributed by atoms with E-state index in [4.69, 9.17) is 14.2 Å². The number of esters is 2. The van der Waals surface area contributed by atoms with Gasteiger partial charge in [0, 0.05) is 27.4 Å². The lowest BCUT2D eigenvalue weighted by Gasteiger charge is -2.33. The molecule has 1 rings (SSSR count). The van der Waals surface area contributed by atoms with Gasteiger partial charge < -0.3 is 19.5 Å². The average molecular weight is 436 g/mol. The van der Waals surface area contributed by atoms with Gasteiger partial charge in [0.1, 0.15) is 18.8 Å². The monoisotopic (exact) mass is 435 g/mol.